The number of rotatable bonds is 6. The maximum Gasteiger partial charge on any atom is 0.416 e. The van der Waals surface area contributed by atoms with Crippen molar-refractivity contribution in [2.24, 2.45) is 0 Å². The molecule has 0 atom stereocenters. The molecule has 2 heterocycles. The van der Waals surface area contributed by atoms with Crippen LogP contribution in [0.15, 0.2) is 59.5 Å². The first kappa shape index (κ1) is 21.6. The van der Waals surface area contributed by atoms with Gasteiger partial charge in [0.2, 0.25) is 5.91 Å². The number of amides is 1. The maximum absolute atomic E-state index is 12.9. The fourth-order valence-corrected chi connectivity index (χ4v) is 3.93. The van der Waals surface area contributed by atoms with E-state index in [0.717, 1.165) is 16.8 Å². The molecular formula is C21H16F3N5O2S. The molecule has 4 rings (SSSR count). The Bertz CT molecular complexity index is 1330. The molecule has 2 aromatic heterocycles. The average Bonchev–Trinajstić information content (AvgIpc) is 3.19. The number of hydrogen-bond donors (Lipinski definition) is 1. The van der Waals surface area contributed by atoms with Gasteiger partial charge in [-0.25, -0.2) is 9.67 Å². The van der Waals surface area contributed by atoms with Crippen LogP contribution in [0.4, 0.5) is 18.3 Å². The second-order valence-electron chi connectivity index (χ2n) is 6.94. The van der Waals surface area contributed by atoms with Gasteiger partial charge in [-0.15, -0.1) is 16.4 Å². The highest BCUT2D eigenvalue weighted by Gasteiger charge is 2.30. The largest absolute Gasteiger partial charge is 0.416 e. The molecule has 0 fully saturated rings. The van der Waals surface area contributed by atoms with Crippen molar-refractivity contribution < 1.29 is 18.0 Å². The number of carbonyl (C=O) groups is 1. The van der Waals surface area contributed by atoms with Crippen LogP contribution in [0.5, 0.6) is 0 Å². The number of aryl methyl sites for hydroxylation is 1. The third-order valence-corrected chi connectivity index (χ3v) is 5.53. The van der Waals surface area contributed by atoms with E-state index in [1.54, 1.807) is 30.3 Å². The van der Waals surface area contributed by atoms with Gasteiger partial charge in [-0.2, -0.15) is 13.2 Å². The molecule has 164 valence electrons. The number of thiazole rings is 1. The lowest BCUT2D eigenvalue weighted by Crippen LogP contribution is -2.26. The van der Waals surface area contributed by atoms with Crippen molar-refractivity contribution in [1.29, 1.82) is 0 Å². The first-order chi connectivity index (χ1) is 15.3. The van der Waals surface area contributed by atoms with Crippen molar-refractivity contribution in [3.63, 3.8) is 0 Å². The first-order valence-electron chi connectivity index (χ1n) is 9.53. The summed E-state index contributed by atoms with van der Waals surface area (Å²) in [6.45, 7) is 0.0466. The summed E-state index contributed by atoms with van der Waals surface area (Å²) in [6, 6.07) is 11.9. The van der Waals surface area contributed by atoms with Gasteiger partial charge in [0, 0.05) is 23.9 Å². The second-order valence-corrected chi connectivity index (χ2v) is 8.05. The Balaban J connectivity index is 1.36. The zero-order valence-electron chi connectivity index (χ0n) is 16.5. The van der Waals surface area contributed by atoms with Gasteiger partial charge in [-0.3, -0.25) is 9.59 Å². The number of aromatic nitrogens is 4. The molecule has 2 aromatic carbocycles. The number of benzene rings is 2. The van der Waals surface area contributed by atoms with Gasteiger partial charge in [0.25, 0.3) is 5.56 Å². The summed E-state index contributed by atoms with van der Waals surface area (Å²) < 4.78 is 39.7. The Morgan fingerprint density at radius 2 is 1.94 bits per heavy atom. The van der Waals surface area contributed by atoms with Crippen LogP contribution in [0, 0.1) is 0 Å². The number of nitrogens with one attached hydrogen (secondary N) is 1. The monoisotopic (exact) mass is 459 g/mol. The molecule has 0 aliphatic carbocycles. The highest BCUT2D eigenvalue weighted by atomic mass is 32.1. The number of hydrogen-bond acceptors (Lipinski definition) is 6. The van der Waals surface area contributed by atoms with E-state index in [9.17, 15) is 22.8 Å². The SMILES string of the molecule is O=C(CCn1nnc2ccccc2c1=O)Nc1ncc(Cc2cccc(C(F)(F)F)c2)s1. The van der Waals surface area contributed by atoms with Gasteiger partial charge in [0.1, 0.15) is 5.52 Å². The Morgan fingerprint density at radius 3 is 2.75 bits per heavy atom. The summed E-state index contributed by atoms with van der Waals surface area (Å²) in [5.74, 6) is -0.369. The van der Waals surface area contributed by atoms with Gasteiger partial charge in [-0.1, -0.05) is 35.5 Å². The summed E-state index contributed by atoms with van der Waals surface area (Å²) in [6.07, 6.45) is -2.64. The van der Waals surface area contributed by atoms with Crippen LogP contribution >= 0.6 is 11.3 Å². The molecular weight excluding hydrogens is 443 g/mol. The Labute approximate surface area is 183 Å². The van der Waals surface area contributed by atoms with Crippen LogP contribution in [0.25, 0.3) is 10.9 Å². The minimum absolute atomic E-state index is 0.0184. The summed E-state index contributed by atoms with van der Waals surface area (Å²) in [4.78, 5) is 29.5. The summed E-state index contributed by atoms with van der Waals surface area (Å²) >= 11 is 1.18. The van der Waals surface area contributed by atoms with E-state index < -0.39 is 11.7 Å². The van der Waals surface area contributed by atoms with Gasteiger partial charge in [0.05, 0.1) is 17.5 Å². The van der Waals surface area contributed by atoms with Gasteiger partial charge in [-0.05, 0) is 23.8 Å². The molecule has 0 saturated carbocycles. The van der Waals surface area contributed by atoms with E-state index in [4.69, 9.17) is 0 Å². The van der Waals surface area contributed by atoms with Crippen molar-refractivity contribution >= 4 is 33.3 Å². The third-order valence-electron chi connectivity index (χ3n) is 4.61. The molecule has 32 heavy (non-hydrogen) atoms. The number of halogens is 3. The van der Waals surface area contributed by atoms with Crippen molar-refractivity contribution in [2.45, 2.75) is 25.6 Å². The molecule has 11 heteroatoms. The highest BCUT2D eigenvalue weighted by Crippen LogP contribution is 2.30. The van der Waals surface area contributed by atoms with Crippen molar-refractivity contribution in [2.75, 3.05) is 5.32 Å². The van der Waals surface area contributed by atoms with Gasteiger partial charge >= 0.3 is 6.18 Å². The molecule has 0 saturated heterocycles. The predicted molar refractivity (Wildman–Crippen MR) is 113 cm³/mol. The smallest absolute Gasteiger partial charge is 0.302 e. The quantitative estimate of drug-likeness (QED) is 0.473. The molecule has 0 spiro atoms. The topological polar surface area (TPSA) is 89.8 Å². The Kier molecular flexibility index (Phi) is 5.99. The van der Waals surface area contributed by atoms with Gasteiger partial charge in [0.15, 0.2) is 5.13 Å². The summed E-state index contributed by atoms with van der Waals surface area (Å²) in [5, 5.41) is 11.2. The van der Waals surface area contributed by atoms with Crippen molar-refractivity contribution in [3.8, 4) is 0 Å². The zero-order chi connectivity index (χ0) is 22.7. The summed E-state index contributed by atoms with van der Waals surface area (Å²) in [7, 11) is 0. The van der Waals surface area contributed by atoms with E-state index in [0.29, 0.717) is 26.5 Å². The molecule has 7 nitrogen and oxygen atoms in total. The van der Waals surface area contributed by atoms with Crippen LogP contribution in [0.3, 0.4) is 0 Å². The number of nitrogens with zero attached hydrogens (tertiary/aromatic N) is 4. The standard InChI is InChI=1S/C21H16F3N5O2S/c22-21(23,24)14-5-3-4-13(10-14)11-15-12-25-20(32-15)26-18(30)8-9-29-19(31)16-6-1-2-7-17(16)27-28-29/h1-7,10,12H,8-9,11H2,(H,25,26,30). The molecule has 0 aliphatic heterocycles. The zero-order valence-corrected chi connectivity index (χ0v) is 17.3. The highest BCUT2D eigenvalue weighted by molar-refractivity contribution is 7.15. The van der Waals surface area contributed by atoms with Crippen molar-refractivity contribution in [3.05, 3.63) is 81.1 Å². The van der Waals surface area contributed by atoms with Crippen molar-refractivity contribution in [1.82, 2.24) is 20.0 Å². The molecule has 1 N–H and O–H groups in total. The first-order valence-corrected chi connectivity index (χ1v) is 10.3. The van der Waals surface area contributed by atoms with Crippen LogP contribution in [-0.2, 0) is 23.9 Å². The van der Waals surface area contributed by atoms with Crippen LogP contribution in [0.2, 0.25) is 0 Å². The number of fused-ring (bicyclic) bond motifs is 1. The summed E-state index contributed by atoms with van der Waals surface area (Å²) in [5.41, 5.74) is -0.0639. The second kappa shape index (κ2) is 8.87. The van der Waals surface area contributed by atoms with E-state index in [1.807, 2.05) is 0 Å². The lowest BCUT2D eigenvalue weighted by Gasteiger charge is -2.07. The van der Waals surface area contributed by atoms with Gasteiger partial charge < -0.3 is 5.32 Å². The minimum atomic E-state index is -4.40. The number of anilines is 1. The van der Waals surface area contributed by atoms with E-state index in [1.165, 1.54) is 23.6 Å². The minimum Gasteiger partial charge on any atom is -0.302 e. The molecule has 0 bridgehead atoms. The lowest BCUT2D eigenvalue weighted by molar-refractivity contribution is -0.137. The van der Waals surface area contributed by atoms with E-state index in [-0.39, 0.29) is 30.9 Å². The molecule has 0 unspecified atom stereocenters. The van der Waals surface area contributed by atoms with Crippen LogP contribution < -0.4 is 10.9 Å². The molecule has 1 amide bonds. The number of alkyl halides is 3. The van der Waals surface area contributed by atoms with E-state index >= 15 is 0 Å². The average molecular weight is 459 g/mol. The Morgan fingerprint density at radius 1 is 1.12 bits per heavy atom. The van der Waals surface area contributed by atoms with E-state index in [2.05, 4.69) is 20.6 Å². The lowest BCUT2D eigenvalue weighted by atomic mass is 10.1. The number of carbonyl (C=O) groups excluding carboxylic acids is 1. The fraction of sp³-hybridized carbons (Fsp3) is 0.190. The van der Waals surface area contributed by atoms with Crippen LogP contribution in [0.1, 0.15) is 22.4 Å². The molecule has 4 aromatic rings. The normalized spacial score (nSPS) is 11.6. The Hall–Kier alpha value is -3.60. The third kappa shape index (κ3) is 4.99. The molecule has 0 aliphatic rings. The fourth-order valence-electron chi connectivity index (χ4n) is 3.06. The maximum atomic E-state index is 12.9. The predicted octanol–water partition coefficient (Wildman–Crippen LogP) is 3.89. The molecule has 0 radical (unpaired) electrons. The van der Waals surface area contributed by atoms with Crippen LogP contribution in [-0.4, -0.2) is 25.9 Å².